The van der Waals surface area contributed by atoms with Gasteiger partial charge in [-0.25, -0.2) is 0 Å². The molecule has 2 aromatic rings. The normalized spacial score (nSPS) is 10.5. The average Bonchev–Trinajstić information content (AvgIpc) is 2.35. The van der Waals surface area contributed by atoms with Crippen LogP contribution in [-0.2, 0) is 5.32 Å². The molecule has 88 valence electrons. The van der Waals surface area contributed by atoms with Gasteiger partial charge >= 0.3 is 106 Å². The zero-order chi connectivity index (χ0) is 12.3. The van der Waals surface area contributed by atoms with Crippen molar-refractivity contribution < 1.29 is 8.78 Å². The SMILES string of the molecule is Cc1ccc(F)c(F)c1C[Se]c1ccccc1. The van der Waals surface area contributed by atoms with Crippen molar-refractivity contribution in [1.82, 2.24) is 0 Å². The molecule has 0 amide bonds. The number of rotatable bonds is 3. The third-order valence-electron chi connectivity index (χ3n) is 2.56. The molecular formula is C14H12F2Se. The van der Waals surface area contributed by atoms with Crippen molar-refractivity contribution in [2.45, 2.75) is 12.2 Å². The van der Waals surface area contributed by atoms with E-state index in [1.54, 1.807) is 6.07 Å². The summed E-state index contributed by atoms with van der Waals surface area (Å²) in [6.07, 6.45) is 0. The maximum absolute atomic E-state index is 13.6. The molecular weight excluding hydrogens is 285 g/mol. The van der Waals surface area contributed by atoms with Gasteiger partial charge in [0.1, 0.15) is 0 Å². The predicted octanol–water partition coefficient (Wildman–Crippen LogP) is 2.80. The summed E-state index contributed by atoms with van der Waals surface area (Å²) in [6, 6.07) is 12.7. The molecule has 17 heavy (non-hydrogen) atoms. The molecule has 0 aliphatic carbocycles. The molecule has 0 aliphatic heterocycles. The first-order valence-corrected chi connectivity index (χ1v) is 7.36. The summed E-state index contributed by atoms with van der Waals surface area (Å²) in [7, 11) is 0. The average molecular weight is 297 g/mol. The Morgan fingerprint density at radius 2 is 1.71 bits per heavy atom. The van der Waals surface area contributed by atoms with Gasteiger partial charge in [0.15, 0.2) is 0 Å². The third-order valence-corrected chi connectivity index (χ3v) is 4.74. The Labute approximate surface area is 106 Å². The van der Waals surface area contributed by atoms with Crippen molar-refractivity contribution in [2.75, 3.05) is 0 Å². The Bertz CT molecular complexity index is 509. The first-order valence-electron chi connectivity index (χ1n) is 5.30. The molecule has 0 saturated heterocycles. The predicted molar refractivity (Wildman–Crippen MR) is 66.6 cm³/mol. The van der Waals surface area contributed by atoms with Crippen LogP contribution in [0.1, 0.15) is 11.1 Å². The zero-order valence-electron chi connectivity index (χ0n) is 9.41. The van der Waals surface area contributed by atoms with Gasteiger partial charge in [-0.15, -0.1) is 0 Å². The molecule has 3 heteroatoms. The Hall–Kier alpha value is -1.18. The van der Waals surface area contributed by atoms with Gasteiger partial charge in [-0.1, -0.05) is 0 Å². The summed E-state index contributed by atoms with van der Waals surface area (Å²) in [4.78, 5) is 0. The van der Waals surface area contributed by atoms with Crippen LogP contribution in [-0.4, -0.2) is 15.0 Å². The van der Waals surface area contributed by atoms with Gasteiger partial charge < -0.3 is 0 Å². The van der Waals surface area contributed by atoms with Crippen molar-refractivity contribution in [2.24, 2.45) is 0 Å². The van der Waals surface area contributed by atoms with Crippen molar-refractivity contribution >= 4 is 19.4 Å². The van der Waals surface area contributed by atoms with E-state index in [4.69, 9.17) is 0 Å². The number of aryl methyl sites for hydroxylation is 1. The Kier molecular flexibility index (Phi) is 3.93. The number of halogens is 2. The van der Waals surface area contributed by atoms with E-state index in [2.05, 4.69) is 0 Å². The molecule has 0 nitrogen and oxygen atoms in total. The summed E-state index contributed by atoms with van der Waals surface area (Å²) in [5, 5.41) is 0.590. The second-order valence-electron chi connectivity index (χ2n) is 3.76. The fraction of sp³-hybridized carbons (Fsp3) is 0.143. The summed E-state index contributed by atoms with van der Waals surface area (Å²) >= 11 is 0.140. The minimum absolute atomic E-state index is 0.140. The molecule has 0 aliphatic rings. The van der Waals surface area contributed by atoms with Crippen molar-refractivity contribution in [1.29, 1.82) is 0 Å². The monoisotopic (exact) mass is 298 g/mol. The van der Waals surface area contributed by atoms with Gasteiger partial charge in [0.05, 0.1) is 0 Å². The molecule has 0 unspecified atom stereocenters. The standard InChI is InChI=1S/C14H12F2Se/c1-10-7-8-13(15)14(16)12(10)9-17-11-5-3-2-4-6-11/h2-8H,9H2,1H3. The summed E-state index contributed by atoms with van der Waals surface area (Å²) in [5.74, 6) is -1.45. The molecule has 0 spiro atoms. The molecule has 0 N–H and O–H groups in total. The van der Waals surface area contributed by atoms with Gasteiger partial charge in [0.2, 0.25) is 0 Å². The van der Waals surface area contributed by atoms with E-state index in [1.807, 2.05) is 37.3 Å². The molecule has 0 fully saturated rings. The minimum atomic E-state index is -0.755. The van der Waals surface area contributed by atoms with Crippen LogP contribution in [0.5, 0.6) is 0 Å². The number of hydrogen-bond donors (Lipinski definition) is 0. The number of benzene rings is 2. The fourth-order valence-corrected chi connectivity index (χ4v) is 3.67. The van der Waals surface area contributed by atoms with Crippen molar-refractivity contribution in [3.8, 4) is 0 Å². The number of hydrogen-bond acceptors (Lipinski definition) is 0. The fourth-order valence-electron chi connectivity index (χ4n) is 1.54. The Balaban J connectivity index is 2.17. The van der Waals surface area contributed by atoms with Crippen LogP contribution in [0, 0.1) is 18.6 Å². The Morgan fingerprint density at radius 3 is 2.41 bits per heavy atom. The molecule has 0 bridgehead atoms. The van der Waals surface area contributed by atoms with Crippen LogP contribution in [0.15, 0.2) is 42.5 Å². The van der Waals surface area contributed by atoms with E-state index in [0.29, 0.717) is 10.9 Å². The molecule has 0 saturated carbocycles. The summed E-state index contributed by atoms with van der Waals surface area (Å²) in [6.45, 7) is 1.82. The zero-order valence-corrected chi connectivity index (χ0v) is 11.1. The molecule has 2 aromatic carbocycles. The van der Waals surface area contributed by atoms with E-state index in [9.17, 15) is 8.78 Å². The van der Waals surface area contributed by atoms with Crippen LogP contribution in [0.25, 0.3) is 0 Å². The van der Waals surface area contributed by atoms with Crippen LogP contribution in [0.2, 0.25) is 0 Å². The van der Waals surface area contributed by atoms with Crippen LogP contribution >= 0.6 is 0 Å². The Morgan fingerprint density at radius 1 is 1.00 bits per heavy atom. The first kappa shape index (κ1) is 12.3. The summed E-state index contributed by atoms with van der Waals surface area (Å²) < 4.78 is 27.9. The van der Waals surface area contributed by atoms with E-state index in [0.717, 1.165) is 5.56 Å². The molecule has 0 heterocycles. The second-order valence-corrected chi connectivity index (χ2v) is 5.96. The van der Waals surface area contributed by atoms with Crippen LogP contribution in [0.4, 0.5) is 8.78 Å². The quantitative estimate of drug-likeness (QED) is 0.764. The molecule has 0 radical (unpaired) electrons. The van der Waals surface area contributed by atoms with Gasteiger partial charge in [0, 0.05) is 0 Å². The molecule has 0 aromatic heterocycles. The maximum atomic E-state index is 13.6. The van der Waals surface area contributed by atoms with E-state index < -0.39 is 11.6 Å². The van der Waals surface area contributed by atoms with E-state index >= 15 is 0 Å². The third kappa shape index (κ3) is 2.93. The first-order chi connectivity index (χ1) is 8.18. The molecule has 2 rings (SSSR count). The van der Waals surface area contributed by atoms with Crippen LogP contribution < -0.4 is 4.46 Å². The van der Waals surface area contributed by atoms with Gasteiger partial charge in [-0.2, -0.15) is 0 Å². The van der Waals surface area contributed by atoms with Gasteiger partial charge in [0.25, 0.3) is 0 Å². The van der Waals surface area contributed by atoms with Crippen molar-refractivity contribution in [3.63, 3.8) is 0 Å². The van der Waals surface area contributed by atoms with E-state index in [1.165, 1.54) is 10.5 Å². The van der Waals surface area contributed by atoms with Crippen molar-refractivity contribution in [3.05, 3.63) is 65.2 Å². The molecule has 0 atom stereocenters. The van der Waals surface area contributed by atoms with Gasteiger partial charge in [-0.3, -0.25) is 0 Å². The second kappa shape index (κ2) is 5.44. The van der Waals surface area contributed by atoms with E-state index in [-0.39, 0.29) is 15.0 Å². The summed E-state index contributed by atoms with van der Waals surface area (Å²) in [5.41, 5.74) is 1.33. The van der Waals surface area contributed by atoms with Gasteiger partial charge in [-0.05, 0) is 0 Å². The topological polar surface area (TPSA) is 0 Å². The van der Waals surface area contributed by atoms with Crippen LogP contribution in [0.3, 0.4) is 0 Å².